The number of benzene rings is 1. The molecule has 1 saturated heterocycles. The smallest absolute Gasteiger partial charge is 0.265 e. The lowest BCUT2D eigenvalue weighted by atomic mass is 10.00. The third-order valence-corrected chi connectivity index (χ3v) is 3.78. The maximum absolute atomic E-state index is 12.1. The van der Waals surface area contributed by atoms with Crippen molar-refractivity contribution in [3.8, 4) is 0 Å². The zero-order valence-electron chi connectivity index (χ0n) is 10.8. The van der Waals surface area contributed by atoms with Crippen molar-refractivity contribution < 1.29 is 4.79 Å². The topological polar surface area (TPSA) is 32.3 Å². The lowest BCUT2D eigenvalue weighted by Gasteiger charge is -2.38. The van der Waals surface area contributed by atoms with Gasteiger partial charge in [0, 0.05) is 22.7 Å². The summed E-state index contributed by atoms with van der Waals surface area (Å²) in [6.45, 7) is 4.30. The molecule has 0 bridgehead atoms. The molecule has 2 rings (SSSR count). The Morgan fingerprint density at radius 1 is 1.22 bits per heavy atom. The number of carbonyl (C=O) groups is 1. The number of piperidine rings is 1. The van der Waals surface area contributed by atoms with Crippen molar-refractivity contribution in [2.24, 2.45) is 0 Å². The van der Waals surface area contributed by atoms with Crippen molar-refractivity contribution in [1.29, 1.82) is 0 Å². The van der Waals surface area contributed by atoms with Gasteiger partial charge >= 0.3 is 0 Å². The molecular weight excluding hydrogens is 248 g/mol. The Morgan fingerprint density at radius 3 is 2.33 bits per heavy atom. The fourth-order valence-corrected chi connectivity index (χ4v) is 2.55. The molecule has 1 aliphatic rings. The van der Waals surface area contributed by atoms with Crippen molar-refractivity contribution in [2.45, 2.75) is 45.2 Å². The van der Waals surface area contributed by atoms with Crippen molar-refractivity contribution in [2.75, 3.05) is 0 Å². The fourth-order valence-electron chi connectivity index (χ4n) is 2.42. The zero-order valence-corrected chi connectivity index (χ0v) is 11.6. The lowest BCUT2D eigenvalue weighted by molar-refractivity contribution is 0.0370. The zero-order chi connectivity index (χ0) is 13.1. The predicted molar refractivity (Wildman–Crippen MR) is 73.5 cm³/mol. The van der Waals surface area contributed by atoms with E-state index < -0.39 is 0 Å². The summed E-state index contributed by atoms with van der Waals surface area (Å²) >= 11 is 5.81. The Bertz CT molecular complexity index is 408. The van der Waals surface area contributed by atoms with Crippen LogP contribution < -0.4 is 5.43 Å². The van der Waals surface area contributed by atoms with E-state index in [9.17, 15) is 4.79 Å². The molecule has 2 atom stereocenters. The van der Waals surface area contributed by atoms with Crippen LogP contribution in [-0.4, -0.2) is 23.0 Å². The highest BCUT2D eigenvalue weighted by Crippen LogP contribution is 2.20. The predicted octanol–water partition coefficient (Wildman–Crippen LogP) is 3.25. The summed E-state index contributed by atoms with van der Waals surface area (Å²) in [6, 6.07) is 7.75. The summed E-state index contributed by atoms with van der Waals surface area (Å²) in [5.74, 6) is -0.0627. The van der Waals surface area contributed by atoms with Crippen LogP contribution in [0.3, 0.4) is 0 Å². The van der Waals surface area contributed by atoms with Crippen LogP contribution in [0.4, 0.5) is 0 Å². The van der Waals surface area contributed by atoms with Gasteiger partial charge in [-0.3, -0.25) is 10.2 Å². The standard InChI is InChI=1S/C14H19ClN2O/c1-10-4-3-5-11(2)17(10)16-14(18)12-6-8-13(15)9-7-12/h6-11H,3-5H2,1-2H3,(H,16,18)/t10-,11-/m0/s1. The van der Waals surface area contributed by atoms with E-state index in [-0.39, 0.29) is 5.91 Å². The Kier molecular flexibility index (Phi) is 4.25. The maximum atomic E-state index is 12.1. The maximum Gasteiger partial charge on any atom is 0.265 e. The van der Waals surface area contributed by atoms with Crippen LogP contribution in [0.2, 0.25) is 5.02 Å². The number of hydrazine groups is 1. The second kappa shape index (κ2) is 5.72. The van der Waals surface area contributed by atoms with Gasteiger partial charge in [-0.05, 0) is 51.0 Å². The van der Waals surface area contributed by atoms with Gasteiger partial charge in [0.1, 0.15) is 0 Å². The summed E-state index contributed by atoms with van der Waals surface area (Å²) in [5.41, 5.74) is 3.65. The van der Waals surface area contributed by atoms with Crippen LogP contribution in [0.1, 0.15) is 43.5 Å². The van der Waals surface area contributed by atoms with E-state index >= 15 is 0 Å². The number of carbonyl (C=O) groups excluding carboxylic acids is 1. The number of hydrogen-bond donors (Lipinski definition) is 1. The van der Waals surface area contributed by atoms with Crippen LogP contribution >= 0.6 is 11.6 Å². The number of nitrogens with one attached hydrogen (secondary N) is 1. The minimum Gasteiger partial charge on any atom is -0.284 e. The van der Waals surface area contributed by atoms with E-state index in [0.29, 0.717) is 22.7 Å². The Balaban J connectivity index is 2.04. The highest BCUT2D eigenvalue weighted by atomic mass is 35.5. The van der Waals surface area contributed by atoms with Gasteiger partial charge in [-0.25, -0.2) is 5.01 Å². The lowest BCUT2D eigenvalue weighted by Crippen LogP contribution is -2.54. The third kappa shape index (κ3) is 3.03. The second-order valence-corrected chi connectivity index (χ2v) is 5.42. The van der Waals surface area contributed by atoms with Gasteiger partial charge in [0.2, 0.25) is 0 Å². The van der Waals surface area contributed by atoms with E-state index in [2.05, 4.69) is 24.3 Å². The van der Waals surface area contributed by atoms with Gasteiger partial charge in [-0.1, -0.05) is 18.0 Å². The van der Waals surface area contributed by atoms with E-state index in [0.717, 1.165) is 12.8 Å². The average Bonchev–Trinajstić information content (AvgIpc) is 2.34. The Hall–Kier alpha value is -1.06. The molecule has 0 radical (unpaired) electrons. The first-order chi connectivity index (χ1) is 8.58. The molecular formula is C14H19ClN2O. The van der Waals surface area contributed by atoms with Gasteiger partial charge in [0.15, 0.2) is 0 Å². The van der Waals surface area contributed by atoms with Crippen LogP contribution in [-0.2, 0) is 0 Å². The van der Waals surface area contributed by atoms with Gasteiger partial charge < -0.3 is 0 Å². The number of rotatable bonds is 2. The molecule has 0 aliphatic carbocycles. The minimum atomic E-state index is -0.0627. The highest BCUT2D eigenvalue weighted by molar-refractivity contribution is 6.30. The van der Waals surface area contributed by atoms with E-state index in [1.807, 2.05) is 0 Å². The molecule has 1 amide bonds. The summed E-state index contributed by atoms with van der Waals surface area (Å²) < 4.78 is 0. The first-order valence-electron chi connectivity index (χ1n) is 6.43. The minimum absolute atomic E-state index is 0.0627. The van der Waals surface area contributed by atoms with Gasteiger partial charge in [0.05, 0.1) is 0 Å². The normalized spacial score (nSPS) is 24.8. The molecule has 1 fully saturated rings. The first kappa shape index (κ1) is 13.4. The molecule has 1 N–H and O–H groups in total. The SMILES string of the molecule is C[C@H]1CCC[C@H](C)N1NC(=O)c1ccc(Cl)cc1. The Morgan fingerprint density at radius 2 is 1.78 bits per heavy atom. The van der Waals surface area contributed by atoms with Crippen LogP contribution in [0.5, 0.6) is 0 Å². The van der Waals surface area contributed by atoms with Crippen LogP contribution in [0.15, 0.2) is 24.3 Å². The van der Waals surface area contributed by atoms with E-state index in [4.69, 9.17) is 11.6 Å². The molecule has 3 nitrogen and oxygen atoms in total. The molecule has 0 spiro atoms. The van der Waals surface area contributed by atoms with Crippen molar-refractivity contribution in [1.82, 2.24) is 10.4 Å². The first-order valence-corrected chi connectivity index (χ1v) is 6.80. The largest absolute Gasteiger partial charge is 0.284 e. The molecule has 0 unspecified atom stereocenters. The summed E-state index contributed by atoms with van der Waals surface area (Å²) in [4.78, 5) is 12.1. The summed E-state index contributed by atoms with van der Waals surface area (Å²) in [7, 11) is 0. The van der Waals surface area contributed by atoms with Crippen molar-refractivity contribution >= 4 is 17.5 Å². The van der Waals surface area contributed by atoms with Crippen LogP contribution in [0.25, 0.3) is 0 Å². The second-order valence-electron chi connectivity index (χ2n) is 4.98. The average molecular weight is 267 g/mol. The number of amides is 1. The number of hydrogen-bond acceptors (Lipinski definition) is 2. The van der Waals surface area contributed by atoms with E-state index in [1.165, 1.54) is 6.42 Å². The monoisotopic (exact) mass is 266 g/mol. The van der Waals surface area contributed by atoms with Crippen LogP contribution in [0, 0.1) is 0 Å². The molecule has 1 aromatic carbocycles. The van der Waals surface area contributed by atoms with Gasteiger partial charge in [-0.2, -0.15) is 0 Å². The van der Waals surface area contributed by atoms with E-state index in [1.54, 1.807) is 24.3 Å². The third-order valence-electron chi connectivity index (χ3n) is 3.53. The fraction of sp³-hybridized carbons (Fsp3) is 0.500. The Labute approximate surface area is 113 Å². The highest BCUT2D eigenvalue weighted by Gasteiger charge is 2.26. The quantitative estimate of drug-likeness (QED) is 0.891. The molecule has 18 heavy (non-hydrogen) atoms. The summed E-state index contributed by atoms with van der Waals surface area (Å²) in [5, 5.41) is 2.71. The number of halogens is 1. The molecule has 4 heteroatoms. The molecule has 1 aliphatic heterocycles. The molecule has 1 heterocycles. The van der Waals surface area contributed by atoms with Crippen molar-refractivity contribution in [3.63, 3.8) is 0 Å². The molecule has 0 saturated carbocycles. The molecule has 1 aromatic rings. The number of nitrogens with zero attached hydrogens (tertiary/aromatic N) is 1. The van der Waals surface area contributed by atoms with Gasteiger partial charge in [0.25, 0.3) is 5.91 Å². The molecule has 98 valence electrons. The van der Waals surface area contributed by atoms with Crippen molar-refractivity contribution in [3.05, 3.63) is 34.9 Å². The summed E-state index contributed by atoms with van der Waals surface area (Å²) in [6.07, 6.45) is 3.49. The van der Waals surface area contributed by atoms with Gasteiger partial charge in [-0.15, -0.1) is 0 Å². The molecule has 0 aromatic heterocycles.